The van der Waals surface area contributed by atoms with Crippen molar-refractivity contribution in [2.45, 2.75) is 70.4 Å². The van der Waals surface area contributed by atoms with Gasteiger partial charge in [0.25, 0.3) is 11.6 Å². The van der Waals surface area contributed by atoms with Gasteiger partial charge in [0.05, 0.1) is 16.2 Å². The molecule has 0 atom stereocenters. The minimum Gasteiger partial charge on any atom is -0.451 e. The lowest BCUT2D eigenvalue weighted by Crippen LogP contribution is -2.40. The normalized spacial score (nSPS) is 18.9. The third-order valence-electron chi connectivity index (χ3n) is 7.43. The highest BCUT2D eigenvalue weighted by molar-refractivity contribution is 5.92. The lowest BCUT2D eigenvalue weighted by Gasteiger charge is -2.30. The van der Waals surface area contributed by atoms with E-state index in [1.54, 1.807) is 31.2 Å². The Bertz CT molecular complexity index is 1340. The van der Waals surface area contributed by atoms with Crippen LogP contribution in [-0.2, 0) is 12.8 Å². The third-order valence-corrected chi connectivity index (χ3v) is 7.43. The van der Waals surface area contributed by atoms with Crippen LogP contribution in [0.3, 0.4) is 0 Å². The number of aromatic nitrogens is 2. The molecule has 2 heterocycles. The summed E-state index contributed by atoms with van der Waals surface area (Å²) in [4.78, 5) is 35.6. The second kappa shape index (κ2) is 10.8. The second-order valence-electron chi connectivity index (χ2n) is 10.5. The highest BCUT2D eigenvalue weighted by atomic mass is 16.6. The monoisotopic (exact) mass is 518 g/mol. The third kappa shape index (κ3) is 5.49. The van der Waals surface area contributed by atoms with Crippen molar-refractivity contribution in [2.24, 2.45) is 0 Å². The molecule has 2 aliphatic carbocycles. The maximum absolute atomic E-state index is 12.9. The second-order valence-corrected chi connectivity index (χ2v) is 10.5. The number of nitrogens with zero attached hydrogens (tertiary/aromatic N) is 4. The fourth-order valence-corrected chi connectivity index (χ4v) is 5.44. The van der Waals surface area contributed by atoms with E-state index in [0.29, 0.717) is 17.3 Å². The molecule has 200 valence electrons. The van der Waals surface area contributed by atoms with Gasteiger partial charge in [-0.2, -0.15) is 4.98 Å². The fourth-order valence-electron chi connectivity index (χ4n) is 5.44. The van der Waals surface area contributed by atoms with Crippen molar-refractivity contribution in [3.8, 4) is 11.3 Å². The number of anilines is 2. The summed E-state index contributed by atoms with van der Waals surface area (Å²) in [7, 11) is 4.05. The average molecular weight is 519 g/mol. The Kier molecular flexibility index (Phi) is 7.31. The van der Waals surface area contributed by atoms with Crippen LogP contribution in [0, 0.1) is 17.0 Å². The molecule has 5 rings (SSSR count). The number of benzene rings is 1. The molecular formula is C28H34N6O4. The predicted octanol–water partition coefficient (Wildman–Crippen LogP) is 5.05. The summed E-state index contributed by atoms with van der Waals surface area (Å²) < 4.78 is 5.73. The van der Waals surface area contributed by atoms with Crippen molar-refractivity contribution >= 4 is 23.4 Å². The summed E-state index contributed by atoms with van der Waals surface area (Å²) in [6, 6.07) is 8.39. The van der Waals surface area contributed by atoms with E-state index >= 15 is 0 Å². The molecule has 0 radical (unpaired) electrons. The molecule has 0 unspecified atom stereocenters. The number of carbonyl (C=O) groups is 1. The smallest absolute Gasteiger partial charge is 0.287 e. The fraction of sp³-hybridized carbons (Fsp3) is 0.464. The summed E-state index contributed by atoms with van der Waals surface area (Å²) in [5, 5.41) is 18.1. The van der Waals surface area contributed by atoms with Crippen LogP contribution in [0.25, 0.3) is 11.3 Å². The molecule has 1 fully saturated rings. The number of nitro groups is 1. The van der Waals surface area contributed by atoms with E-state index in [4.69, 9.17) is 14.4 Å². The van der Waals surface area contributed by atoms with Crippen LogP contribution in [0.5, 0.6) is 0 Å². The molecule has 1 saturated carbocycles. The maximum atomic E-state index is 12.9. The number of fused-ring (bicyclic) bond motifs is 1. The van der Waals surface area contributed by atoms with E-state index in [-0.39, 0.29) is 29.4 Å². The van der Waals surface area contributed by atoms with Crippen LogP contribution in [0.4, 0.5) is 17.5 Å². The van der Waals surface area contributed by atoms with Gasteiger partial charge in [-0.15, -0.1) is 0 Å². The lowest BCUT2D eigenvalue weighted by molar-refractivity contribution is -0.384. The van der Waals surface area contributed by atoms with Crippen LogP contribution in [0.2, 0.25) is 0 Å². The van der Waals surface area contributed by atoms with E-state index in [0.717, 1.165) is 55.6 Å². The van der Waals surface area contributed by atoms with Gasteiger partial charge in [-0.25, -0.2) is 4.98 Å². The van der Waals surface area contributed by atoms with E-state index in [2.05, 4.69) is 15.5 Å². The van der Waals surface area contributed by atoms with Crippen molar-refractivity contribution in [3.63, 3.8) is 0 Å². The molecule has 0 aliphatic heterocycles. The quantitative estimate of drug-likeness (QED) is 0.329. The number of rotatable bonds is 7. The molecule has 1 amide bonds. The van der Waals surface area contributed by atoms with E-state index in [1.165, 1.54) is 24.5 Å². The molecule has 2 aromatic heterocycles. The Morgan fingerprint density at radius 2 is 1.79 bits per heavy atom. The molecule has 38 heavy (non-hydrogen) atoms. The summed E-state index contributed by atoms with van der Waals surface area (Å²) in [5.41, 5.74) is 3.53. The van der Waals surface area contributed by atoms with Gasteiger partial charge in [0, 0.05) is 37.8 Å². The minimum atomic E-state index is -0.437. The van der Waals surface area contributed by atoms with Gasteiger partial charge in [-0.1, -0.05) is 6.07 Å². The number of aryl methyl sites for hydroxylation is 2. The van der Waals surface area contributed by atoms with Gasteiger partial charge in [-0.3, -0.25) is 14.9 Å². The number of furan rings is 1. The van der Waals surface area contributed by atoms with Crippen molar-refractivity contribution in [1.82, 2.24) is 15.3 Å². The lowest BCUT2D eigenvalue weighted by atomic mass is 9.91. The number of carbonyl (C=O) groups excluding carboxylic acids is 1. The minimum absolute atomic E-state index is 0.0320. The Hall–Kier alpha value is -3.95. The molecule has 2 N–H and O–H groups in total. The number of nitrogens with one attached hydrogen (secondary N) is 2. The van der Waals surface area contributed by atoms with Gasteiger partial charge >= 0.3 is 0 Å². The van der Waals surface area contributed by atoms with E-state index in [9.17, 15) is 14.9 Å². The average Bonchev–Trinajstić information content (AvgIpc) is 3.39. The molecule has 10 nitrogen and oxygen atoms in total. The number of hydrogen-bond donors (Lipinski definition) is 2. The first-order valence-electron chi connectivity index (χ1n) is 13.3. The Labute approximate surface area is 222 Å². The summed E-state index contributed by atoms with van der Waals surface area (Å²) in [5.74, 6) is 1.84. The molecular weight excluding hydrogens is 484 g/mol. The first-order valence-corrected chi connectivity index (χ1v) is 13.3. The first-order chi connectivity index (χ1) is 18.3. The molecule has 3 aromatic rings. The van der Waals surface area contributed by atoms with E-state index in [1.807, 2.05) is 14.1 Å². The van der Waals surface area contributed by atoms with Crippen molar-refractivity contribution in [1.29, 1.82) is 0 Å². The van der Waals surface area contributed by atoms with Gasteiger partial charge in [0.2, 0.25) is 5.95 Å². The highest BCUT2D eigenvalue weighted by Crippen LogP contribution is 2.33. The van der Waals surface area contributed by atoms with Crippen molar-refractivity contribution < 1.29 is 14.1 Å². The van der Waals surface area contributed by atoms with Gasteiger partial charge in [0.15, 0.2) is 5.76 Å². The molecule has 0 bridgehead atoms. The van der Waals surface area contributed by atoms with Crippen LogP contribution in [-0.4, -0.2) is 47.0 Å². The standard InChI is InChI=1S/C28H34N6O4/c1-17-8-13-21(23(16-17)34(36)37)24-14-15-25(38-24)27(35)29-18-9-11-19(12-10-18)30-28-31-22-7-5-4-6-20(22)26(32-28)33(2)3/h8,13-16,18-19H,4-7,9-12H2,1-3H3,(H,29,35)(H,30,31,32)/t18-,19+. The zero-order chi connectivity index (χ0) is 26.8. The van der Waals surface area contributed by atoms with Crippen molar-refractivity contribution in [2.75, 3.05) is 24.3 Å². The zero-order valence-corrected chi connectivity index (χ0v) is 22.1. The maximum Gasteiger partial charge on any atom is 0.287 e. The first kappa shape index (κ1) is 25.7. The van der Waals surface area contributed by atoms with Crippen molar-refractivity contribution in [3.05, 3.63) is 63.0 Å². The van der Waals surface area contributed by atoms with Gasteiger partial charge in [-0.05, 0) is 82.1 Å². The predicted molar refractivity (Wildman–Crippen MR) is 146 cm³/mol. The van der Waals surface area contributed by atoms with E-state index < -0.39 is 4.92 Å². The van der Waals surface area contributed by atoms with Crippen LogP contribution >= 0.6 is 0 Å². The largest absolute Gasteiger partial charge is 0.451 e. The number of nitro benzene ring substituents is 1. The SMILES string of the molecule is Cc1ccc(-c2ccc(C(=O)N[C@H]3CC[C@@H](Nc4nc5c(c(N(C)C)n4)CCCC5)CC3)o2)c([N+](=O)[O-])c1. The highest BCUT2D eigenvalue weighted by Gasteiger charge is 2.26. The van der Waals surface area contributed by atoms with Crippen LogP contribution in [0.15, 0.2) is 34.7 Å². The molecule has 10 heteroatoms. The summed E-state index contributed by atoms with van der Waals surface area (Å²) >= 11 is 0. The molecule has 1 aromatic carbocycles. The van der Waals surface area contributed by atoms with Crippen LogP contribution in [0.1, 0.15) is 65.9 Å². The number of hydrogen-bond acceptors (Lipinski definition) is 8. The molecule has 0 saturated heterocycles. The molecule has 0 spiro atoms. The molecule has 2 aliphatic rings. The van der Waals surface area contributed by atoms with Gasteiger partial charge in [0.1, 0.15) is 11.6 Å². The summed E-state index contributed by atoms with van der Waals surface area (Å²) in [6.07, 6.45) is 7.82. The van der Waals surface area contributed by atoms with Gasteiger partial charge < -0.3 is 20.0 Å². The number of amides is 1. The Balaban J connectivity index is 1.18. The topological polar surface area (TPSA) is 126 Å². The zero-order valence-electron chi connectivity index (χ0n) is 22.1. The Morgan fingerprint density at radius 3 is 2.53 bits per heavy atom. The summed E-state index contributed by atoms with van der Waals surface area (Å²) in [6.45, 7) is 1.79. The van der Waals surface area contributed by atoms with Crippen LogP contribution < -0.4 is 15.5 Å². The Morgan fingerprint density at radius 1 is 1.05 bits per heavy atom.